The highest BCUT2D eigenvalue weighted by molar-refractivity contribution is 9.10. The Balaban J connectivity index is 2.73. The van der Waals surface area contributed by atoms with Gasteiger partial charge in [-0.25, -0.2) is 4.79 Å². The van der Waals surface area contributed by atoms with Crippen LogP contribution >= 0.6 is 15.9 Å². The summed E-state index contributed by atoms with van der Waals surface area (Å²) < 4.78 is 5.90. The van der Waals surface area contributed by atoms with Crippen molar-refractivity contribution in [1.82, 2.24) is 0 Å². The predicted octanol–water partition coefficient (Wildman–Crippen LogP) is 3.19. The molecule has 2 rings (SSSR count). The summed E-state index contributed by atoms with van der Waals surface area (Å²) in [5.41, 5.74) is 0.766. The van der Waals surface area contributed by atoms with E-state index in [1.54, 1.807) is 6.07 Å². The molecule has 94 valence electrons. The van der Waals surface area contributed by atoms with E-state index in [0.29, 0.717) is 15.4 Å². The molecule has 0 radical (unpaired) electrons. The SMILES string of the molecule is CCNc1ccc2cc(C(C)=O)c(=O)oc2c1Br. The van der Waals surface area contributed by atoms with Gasteiger partial charge in [-0.2, -0.15) is 0 Å². The van der Waals surface area contributed by atoms with Crippen molar-refractivity contribution < 1.29 is 9.21 Å². The number of nitrogens with one attached hydrogen (secondary N) is 1. The molecule has 1 aromatic heterocycles. The predicted molar refractivity (Wildman–Crippen MR) is 74.4 cm³/mol. The number of anilines is 1. The summed E-state index contributed by atoms with van der Waals surface area (Å²) in [7, 11) is 0. The zero-order valence-corrected chi connectivity index (χ0v) is 11.6. The Morgan fingerprint density at radius 2 is 2.17 bits per heavy atom. The van der Waals surface area contributed by atoms with Crippen molar-refractivity contribution in [3.8, 4) is 0 Å². The summed E-state index contributed by atoms with van der Waals surface area (Å²) in [4.78, 5) is 22.9. The van der Waals surface area contributed by atoms with Crippen LogP contribution in [-0.4, -0.2) is 12.3 Å². The molecule has 4 nitrogen and oxygen atoms in total. The number of carbonyl (C=O) groups is 1. The quantitative estimate of drug-likeness (QED) is 0.698. The van der Waals surface area contributed by atoms with Crippen LogP contribution in [0, 0.1) is 0 Å². The van der Waals surface area contributed by atoms with Crippen LogP contribution in [0.2, 0.25) is 0 Å². The summed E-state index contributed by atoms with van der Waals surface area (Å²) in [6.45, 7) is 4.09. The van der Waals surface area contributed by atoms with Gasteiger partial charge in [-0.3, -0.25) is 4.79 Å². The minimum absolute atomic E-state index is 0.0746. The Bertz CT molecular complexity index is 676. The minimum atomic E-state index is -0.607. The van der Waals surface area contributed by atoms with E-state index < -0.39 is 5.63 Å². The fourth-order valence-corrected chi connectivity index (χ4v) is 2.31. The first-order chi connectivity index (χ1) is 8.54. The van der Waals surface area contributed by atoms with Gasteiger partial charge in [0.2, 0.25) is 0 Å². The minimum Gasteiger partial charge on any atom is -0.421 e. The number of halogens is 1. The Morgan fingerprint density at radius 3 is 2.78 bits per heavy atom. The lowest BCUT2D eigenvalue weighted by Crippen LogP contribution is -2.11. The molecule has 0 atom stereocenters. The van der Waals surface area contributed by atoms with Gasteiger partial charge in [0.25, 0.3) is 0 Å². The fourth-order valence-electron chi connectivity index (χ4n) is 1.72. The van der Waals surface area contributed by atoms with E-state index in [1.165, 1.54) is 6.92 Å². The second kappa shape index (κ2) is 4.94. The van der Waals surface area contributed by atoms with Crippen molar-refractivity contribution in [2.75, 3.05) is 11.9 Å². The van der Waals surface area contributed by atoms with E-state index in [9.17, 15) is 9.59 Å². The first-order valence-electron chi connectivity index (χ1n) is 5.55. The van der Waals surface area contributed by atoms with Crippen molar-refractivity contribution in [3.63, 3.8) is 0 Å². The van der Waals surface area contributed by atoms with Gasteiger partial charge < -0.3 is 9.73 Å². The maximum Gasteiger partial charge on any atom is 0.347 e. The number of carbonyl (C=O) groups excluding carboxylic acids is 1. The first kappa shape index (κ1) is 12.8. The highest BCUT2D eigenvalue weighted by atomic mass is 79.9. The standard InChI is InChI=1S/C13H12BrNO3/c1-3-15-10-5-4-8-6-9(7(2)16)13(17)18-12(8)11(10)14/h4-6,15H,3H2,1-2H3. The lowest BCUT2D eigenvalue weighted by atomic mass is 10.1. The summed E-state index contributed by atoms with van der Waals surface area (Å²) in [5, 5.41) is 3.86. The topological polar surface area (TPSA) is 59.3 Å². The maximum atomic E-state index is 11.7. The third-order valence-corrected chi connectivity index (χ3v) is 3.38. The van der Waals surface area contributed by atoms with Crippen molar-refractivity contribution in [3.05, 3.63) is 38.7 Å². The molecule has 0 saturated heterocycles. The molecule has 1 heterocycles. The number of fused-ring (bicyclic) bond motifs is 1. The maximum absolute atomic E-state index is 11.7. The lowest BCUT2D eigenvalue weighted by molar-refractivity contribution is 0.101. The third kappa shape index (κ3) is 2.18. The second-order valence-electron chi connectivity index (χ2n) is 3.88. The molecule has 1 aromatic carbocycles. The van der Waals surface area contributed by atoms with Crippen molar-refractivity contribution in [2.24, 2.45) is 0 Å². The number of rotatable bonds is 3. The van der Waals surface area contributed by atoms with Gasteiger partial charge in [0.1, 0.15) is 5.56 Å². The van der Waals surface area contributed by atoms with Gasteiger partial charge in [-0.1, -0.05) is 0 Å². The number of benzene rings is 1. The average Bonchev–Trinajstić information content (AvgIpc) is 2.33. The first-order valence-corrected chi connectivity index (χ1v) is 6.35. The van der Waals surface area contributed by atoms with E-state index in [2.05, 4.69) is 21.2 Å². The van der Waals surface area contributed by atoms with E-state index in [1.807, 2.05) is 19.1 Å². The molecule has 0 spiro atoms. The molecule has 2 aromatic rings. The monoisotopic (exact) mass is 309 g/mol. The lowest BCUT2D eigenvalue weighted by Gasteiger charge is -2.08. The molecule has 0 fully saturated rings. The van der Waals surface area contributed by atoms with E-state index in [-0.39, 0.29) is 11.3 Å². The van der Waals surface area contributed by atoms with Gasteiger partial charge in [-0.05, 0) is 48.0 Å². The molecule has 0 amide bonds. The van der Waals surface area contributed by atoms with Crippen LogP contribution in [0.25, 0.3) is 11.0 Å². The van der Waals surface area contributed by atoms with Gasteiger partial charge in [-0.15, -0.1) is 0 Å². The third-order valence-electron chi connectivity index (χ3n) is 2.59. The van der Waals surface area contributed by atoms with Crippen LogP contribution < -0.4 is 10.9 Å². The molecule has 0 unspecified atom stereocenters. The fraction of sp³-hybridized carbons (Fsp3) is 0.231. The van der Waals surface area contributed by atoms with Crippen LogP contribution in [0.15, 0.2) is 31.9 Å². The molecule has 1 N–H and O–H groups in total. The number of ketones is 1. The largest absolute Gasteiger partial charge is 0.421 e. The van der Waals surface area contributed by atoms with Gasteiger partial charge >= 0.3 is 5.63 Å². The highest BCUT2D eigenvalue weighted by Crippen LogP contribution is 2.30. The molecular weight excluding hydrogens is 298 g/mol. The Hall–Kier alpha value is -1.62. The average molecular weight is 310 g/mol. The molecule has 0 aliphatic rings. The summed E-state index contributed by atoms with van der Waals surface area (Å²) in [5.74, 6) is -0.294. The summed E-state index contributed by atoms with van der Waals surface area (Å²) in [6.07, 6.45) is 0. The normalized spacial score (nSPS) is 10.6. The molecule has 0 bridgehead atoms. The number of hydrogen-bond donors (Lipinski definition) is 1. The van der Waals surface area contributed by atoms with Crippen LogP contribution in [0.4, 0.5) is 5.69 Å². The van der Waals surface area contributed by atoms with E-state index in [0.717, 1.165) is 12.2 Å². The van der Waals surface area contributed by atoms with Crippen molar-refractivity contribution in [2.45, 2.75) is 13.8 Å². The Labute approximate surface area is 112 Å². The second-order valence-corrected chi connectivity index (χ2v) is 4.67. The smallest absolute Gasteiger partial charge is 0.347 e. The zero-order chi connectivity index (χ0) is 13.3. The molecule has 0 aliphatic heterocycles. The number of hydrogen-bond acceptors (Lipinski definition) is 4. The van der Waals surface area contributed by atoms with Crippen LogP contribution in [0.5, 0.6) is 0 Å². The number of Topliss-reactive ketones (excluding diaryl/α,β-unsaturated/α-hetero) is 1. The van der Waals surface area contributed by atoms with Crippen LogP contribution in [0.1, 0.15) is 24.2 Å². The summed E-state index contributed by atoms with van der Waals surface area (Å²) in [6, 6.07) is 5.25. The van der Waals surface area contributed by atoms with E-state index in [4.69, 9.17) is 4.42 Å². The van der Waals surface area contributed by atoms with Crippen LogP contribution in [0.3, 0.4) is 0 Å². The van der Waals surface area contributed by atoms with Crippen molar-refractivity contribution >= 4 is 38.4 Å². The molecular formula is C13H12BrNO3. The van der Waals surface area contributed by atoms with Gasteiger partial charge in [0, 0.05) is 11.9 Å². The Morgan fingerprint density at radius 1 is 1.44 bits per heavy atom. The molecule has 0 aliphatic carbocycles. The van der Waals surface area contributed by atoms with Crippen LogP contribution in [-0.2, 0) is 0 Å². The molecule has 18 heavy (non-hydrogen) atoms. The van der Waals surface area contributed by atoms with E-state index >= 15 is 0 Å². The van der Waals surface area contributed by atoms with Crippen molar-refractivity contribution in [1.29, 1.82) is 0 Å². The molecule has 0 saturated carbocycles. The summed E-state index contributed by atoms with van der Waals surface area (Å²) >= 11 is 3.40. The Kier molecular flexibility index (Phi) is 3.52. The molecule has 5 heteroatoms. The van der Waals surface area contributed by atoms with Gasteiger partial charge in [0.15, 0.2) is 11.4 Å². The van der Waals surface area contributed by atoms with Gasteiger partial charge in [0.05, 0.1) is 10.2 Å². The highest BCUT2D eigenvalue weighted by Gasteiger charge is 2.13. The zero-order valence-electron chi connectivity index (χ0n) is 10.0.